The van der Waals surface area contributed by atoms with E-state index in [1.807, 2.05) is 44.2 Å². The molecular formula is C23H21ClN4O3. The second-order valence-corrected chi connectivity index (χ2v) is 7.75. The molecule has 0 aliphatic carbocycles. The van der Waals surface area contributed by atoms with E-state index in [4.69, 9.17) is 20.8 Å². The maximum Gasteiger partial charge on any atom is 0.361 e. The lowest BCUT2D eigenvalue weighted by Crippen LogP contribution is -2.09. The average molecular weight is 437 g/mol. The molecule has 0 saturated heterocycles. The number of carbonyl (C=O) groups excluding carboxylic acids is 1. The first kappa shape index (κ1) is 20.8. The molecule has 0 spiro atoms. The smallest absolute Gasteiger partial charge is 0.361 e. The van der Waals surface area contributed by atoms with E-state index in [0.29, 0.717) is 28.1 Å². The molecule has 0 fully saturated rings. The molecule has 0 amide bonds. The van der Waals surface area contributed by atoms with Crippen LogP contribution in [0.1, 0.15) is 38.8 Å². The first-order valence-electron chi connectivity index (χ1n) is 9.73. The lowest BCUT2D eigenvalue weighted by atomic mass is 10.1. The Hall–Kier alpha value is -3.45. The van der Waals surface area contributed by atoms with Crippen LogP contribution in [0, 0.1) is 27.7 Å². The highest BCUT2D eigenvalue weighted by Gasteiger charge is 2.20. The van der Waals surface area contributed by atoms with E-state index in [9.17, 15) is 4.79 Å². The number of hydrogen-bond donors (Lipinski definition) is 0. The van der Waals surface area contributed by atoms with Gasteiger partial charge >= 0.3 is 5.97 Å². The van der Waals surface area contributed by atoms with Crippen molar-refractivity contribution in [1.29, 1.82) is 0 Å². The quantitative estimate of drug-likeness (QED) is 0.401. The number of aromatic nitrogens is 4. The summed E-state index contributed by atoms with van der Waals surface area (Å²) in [4.78, 5) is 17.1. The molecule has 0 aliphatic heterocycles. The van der Waals surface area contributed by atoms with Gasteiger partial charge in [-0.05, 0) is 75.2 Å². The highest BCUT2D eigenvalue weighted by atomic mass is 35.5. The van der Waals surface area contributed by atoms with E-state index in [1.165, 1.54) is 5.56 Å². The molecule has 0 unspecified atom stereocenters. The molecule has 0 atom stereocenters. The van der Waals surface area contributed by atoms with E-state index < -0.39 is 5.97 Å². The van der Waals surface area contributed by atoms with Gasteiger partial charge in [0.25, 0.3) is 0 Å². The van der Waals surface area contributed by atoms with Gasteiger partial charge in [0.15, 0.2) is 5.69 Å². The second-order valence-electron chi connectivity index (χ2n) is 7.31. The Balaban J connectivity index is 1.49. The Labute approximate surface area is 184 Å². The van der Waals surface area contributed by atoms with Crippen LogP contribution in [0.2, 0.25) is 5.02 Å². The standard InChI is InChI=1S/C23H21ClN4O3/c1-13-5-10-19(11-14(13)2)28-15(3)21(26-27-28)23(29)30-12-20-16(4)31-22(25-20)17-6-8-18(24)9-7-17/h5-11H,12H2,1-4H3. The minimum Gasteiger partial charge on any atom is -0.454 e. The van der Waals surface area contributed by atoms with E-state index in [1.54, 1.807) is 30.7 Å². The van der Waals surface area contributed by atoms with Crippen molar-refractivity contribution in [2.75, 3.05) is 0 Å². The van der Waals surface area contributed by atoms with Crippen molar-refractivity contribution in [3.8, 4) is 17.1 Å². The summed E-state index contributed by atoms with van der Waals surface area (Å²) in [6, 6.07) is 13.1. The van der Waals surface area contributed by atoms with Gasteiger partial charge in [0.05, 0.1) is 11.4 Å². The Kier molecular flexibility index (Phi) is 5.61. The molecule has 0 N–H and O–H groups in total. The fraction of sp³-hybridized carbons (Fsp3) is 0.217. The number of benzene rings is 2. The van der Waals surface area contributed by atoms with Crippen molar-refractivity contribution in [3.05, 3.63) is 81.5 Å². The number of carbonyl (C=O) groups is 1. The minimum absolute atomic E-state index is 0.0301. The number of ether oxygens (including phenoxy) is 1. The van der Waals surface area contributed by atoms with Gasteiger partial charge in [-0.25, -0.2) is 14.5 Å². The predicted molar refractivity (Wildman–Crippen MR) is 116 cm³/mol. The van der Waals surface area contributed by atoms with Crippen LogP contribution in [0.5, 0.6) is 0 Å². The Bertz CT molecular complexity index is 1260. The van der Waals surface area contributed by atoms with Gasteiger partial charge in [-0.15, -0.1) is 5.10 Å². The largest absolute Gasteiger partial charge is 0.454 e. The van der Waals surface area contributed by atoms with Crippen LogP contribution in [0.15, 0.2) is 46.9 Å². The highest BCUT2D eigenvalue weighted by molar-refractivity contribution is 6.30. The van der Waals surface area contributed by atoms with Crippen LogP contribution in [-0.4, -0.2) is 25.9 Å². The molecule has 2 aromatic carbocycles. The molecule has 31 heavy (non-hydrogen) atoms. The van der Waals surface area contributed by atoms with Crippen molar-refractivity contribution in [2.24, 2.45) is 0 Å². The van der Waals surface area contributed by atoms with Gasteiger partial charge in [-0.2, -0.15) is 0 Å². The summed E-state index contributed by atoms with van der Waals surface area (Å²) >= 11 is 5.93. The maximum atomic E-state index is 12.6. The van der Waals surface area contributed by atoms with Crippen molar-refractivity contribution in [2.45, 2.75) is 34.3 Å². The number of rotatable bonds is 5. The van der Waals surface area contributed by atoms with Crippen molar-refractivity contribution in [1.82, 2.24) is 20.0 Å². The average Bonchev–Trinajstić information content (AvgIpc) is 3.31. The first-order chi connectivity index (χ1) is 14.8. The summed E-state index contributed by atoms with van der Waals surface area (Å²) < 4.78 is 12.8. The zero-order valence-electron chi connectivity index (χ0n) is 17.6. The monoisotopic (exact) mass is 436 g/mol. The van der Waals surface area contributed by atoms with E-state index in [-0.39, 0.29) is 12.3 Å². The summed E-state index contributed by atoms with van der Waals surface area (Å²) in [5.74, 6) is 0.452. The molecule has 0 saturated carbocycles. The number of aryl methyl sites for hydroxylation is 3. The Morgan fingerprint density at radius 3 is 2.52 bits per heavy atom. The zero-order valence-corrected chi connectivity index (χ0v) is 18.4. The molecule has 8 heteroatoms. The molecule has 0 radical (unpaired) electrons. The van der Waals surface area contributed by atoms with E-state index in [2.05, 4.69) is 15.3 Å². The number of oxazole rings is 1. The molecule has 0 aliphatic rings. The van der Waals surface area contributed by atoms with Gasteiger partial charge in [0.1, 0.15) is 18.1 Å². The molecule has 2 aromatic heterocycles. The summed E-state index contributed by atoms with van der Waals surface area (Å²) in [5, 5.41) is 8.77. The molecule has 0 bridgehead atoms. The third-order valence-electron chi connectivity index (χ3n) is 5.15. The number of hydrogen-bond acceptors (Lipinski definition) is 6. The summed E-state index contributed by atoms with van der Waals surface area (Å²) in [6.45, 7) is 7.60. The lowest BCUT2D eigenvalue weighted by molar-refractivity contribution is 0.0459. The highest BCUT2D eigenvalue weighted by Crippen LogP contribution is 2.24. The van der Waals surface area contributed by atoms with Crippen LogP contribution in [0.3, 0.4) is 0 Å². The maximum absolute atomic E-state index is 12.6. The van der Waals surface area contributed by atoms with Gasteiger partial charge in [0.2, 0.25) is 5.89 Å². The number of halogens is 1. The number of nitrogens with zero attached hydrogens (tertiary/aromatic N) is 4. The summed E-state index contributed by atoms with van der Waals surface area (Å²) in [6.07, 6.45) is 0. The van der Waals surface area contributed by atoms with Gasteiger partial charge < -0.3 is 9.15 Å². The van der Waals surface area contributed by atoms with Crippen LogP contribution in [0.4, 0.5) is 0 Å². The topological polar surface area (TPSA) is 83.0 Å². The minimum atomic E-state index is -0.567. The van der Waals surface area contributed by atoms with Gasteiger partial charge in [-0.3, -0.25) is 0 Å². The van der Waals surface area contributed by atoms with Crippen LogP contribution < -0.4 is 0 Å². The normalized spacial score (nSPS) is 11.0. The fourth-order valence-corrected chi connectivity index (χ4v) is 3.23. The molecule has 4 rings (SSSR count). The van der Waals surface area contributed by atoms with E-state index >= 15 is 0 Å². The second kappa shape index (κ2) is 8.35. The molecule has 4 aromatic rings. The summed E-state index contributed by atoms with van der Waals surface area (Å²) in [7, 11) is 0. The van der Waals surface area contributed by atoms with Crippen LogP contribution >= 0.6 is 11.6 Å². The van der Waals surface area contributed by atoms with Gasteiger partial charge in [-0.1, -0.05) is 22.9 Å². The molecular weight excluding hydrogens is 416 g/mol. The van der Waals surface area contributed by atoms with Crippen molar-refractivity contribution >= 4 is 17.6 Å². The Morgan fingerprint density at radius 2 is 1.81 bits per heavy atom. The van der Waals surface area contributed by atoms with Crippen molar-refractivity contribution in [3.63, 3.8) is 0 Å². The third-order valence-corrected chi connectivity index (χ3v) is 5.40. The molecule has 158 valence electrons. The molecule has 2 heterocycles. The SMILES string of the molecule is Cc1ccc(-n2nnc(C(=O)OCc3nc(-c4ccc(Cl)cc4)oc3C)c2C)cc1C. The molecule has 7 nitrogen and oxygen atoms in total. The summed E-state index contributed by atoms with van der Waals surface area (Å²) in [5.41, 5.74) is 5.25. The number of esters is 1. The van der Waals surface area contributed by atoms with Crippen LogP contribution in [0.25, 0.3) is 17.1 Å². The van der Waals surface area contributed by atoms with E-state index in [0.717, 1.165) is 16.8 Å². The van der Waals surface area contributed by atoms with Crippen molar-refractivity contribution < 1.29 is 13.9 Å². The zero-order chi connectivity index (χ0) is 22.1. The lowest BCUT2D eigenvalue weighted by Gasteiger charge is -2.07. The Morgan fingerprint density at radius 1 is 1.06 bits per heavy atom. The fourth-order valence-electron chi connectivity index (χ4n) is 3.10. The predicted octanol–water partition coefficient (Wildman–Crippen LogP) is 5.17. The van der Waals surface area contributed by atoms with Gasteiger partial charge in [0, 0.05) is 10.6 Å². The first-order valence-corrected chi connectivity index (χ1v) is 10.1. The van der Waals surface area contributed by atoms with Crippen LogP contribution in [-0.2, 0) is 11.3 Å². The third kappa shape index (κ3) is 4.22.